The Morgan fingerprint density at radius 1 is 1.06 bits per heavy atom. The number of hydrogen-bond acceptors (Lipinski definition) is 7. The average Bonchev–Trinajstić information content (AvgIpc) is 3.44. The zero-order valence-electron chi connectivity index (χ0n) is 19.0. The second kappa shape index (κ2) is 8.61. The molecule has 0 radical (unpaired) electrons. The largest absolute Gasteiger partial charge is 0.367 e. The lowest BCUT2D eigenvalue weighted by molar-refractivity contribution is 0.314. The summed E-state index contributed by atoms with van der Waals surface area (Å²) in [5.41, 5.74) is 10.5. The number of hydrogen-bond donors (Lipinski definition) is 4. The number of piperidine rings is 1. The Morgan fingerprint density at radius 3 is 2.91 bits per heavy atom. The minimum Gasteiger partial charge on any atom is -0.367 e. The summed E-state index contributed by atoms with van der Waals surface area (Å²) in [6, 6.07) is 12.1. The van der Waals surface area contributed by atoms with Crippen LogP contribution in [0.25, 0.3) is 0 Å². The number of fused-ring (bicyclic) bond motifs is 2. The molecule has 5 atom stereocenters. The fourth-order valence-corrected chi connectivity index (χ4v) is 6.34. The number of anilines is 3. The van der Waals surface area contributed by atoms with Gasteiger partial charge in [0.15, 0.2) is 0 Å². The highest BCUT2D eigenvalue weighted by Crippen LogP contribution is 2.44. The number of aryl methyl sites for hydroxylation is 1. The van der Waals surface area contributed by atoms with E-state index in [9.17, 15) is 0 Å². The molecule has 7 heteroatoms. The molecule has 4 heterocycles. The van der Waals surface area contributed by atoms with Crippen LogP contribution in [-0.4, -0.2) is 48.2 Å². The number of nitrogens with one attached hydrogen (secondary N) is 4. The lowest BCUT2D eigenvalue weighted by atomic mass is 9.83. The van der Waals surface area contributed by atoms with Crippen LogP contribution in [0, 0.1) is 18.8 Å². The van der Waals surface area contributed by atoms with Crippen molar-refractivity contribution in [1.82, 2.24) is 26.1 Å². The fourth-order valence-electron chi connectivity index (χ4n) is 6.34. The Labute approximate surface area is 190 Å². The molecule has 4 aliphatic rings. The molecule has 2 aromatic rings. The summed E-state index contributed by atoms with van der Waals surface area (Å²) >= 11 is 0. The number of benzene rings is 1. The van der Waals surface area contributed by atoms with Crippen molar-refractivity contribution in [3.63, 3.8) is 0 Å². The lowest BCUT2D eigenvalue weighted by Gasteiger charge is -2.32. The third-order valence-corrected chi connectivity index (χ3v) is 7.98. The molecule has 3 fully saturated rings. The smallest absolute Gasteiger partial charge is 0.232 e. The molecular formula is C25H35N7. The van der Waals surface area contributed by atoms with Crippen molar-refractivity contribution >= 4 is 17.5 Å². The summed E-state index contributed by atoms with van der Waals surface area (Å²) in [7, 11) is 0. The third kappa shape index (κ3) is 3.87. The van der Waals surface area contributed by atoms with Gasteiger partial charge in [0.05, 0.1) is 0 Å². The highest BCUT2D eigenvalue weighted by atomic mass is 15.4. The molecule has 170 valence electrons. The first kappa shape index (κ1) is 20.4. The van der Waals surface area contributed by atoms with Crippen molar-refractivity contribution in [3.8, 4) is 0 Å². The monoisotopic (exact) mass is 433 g/mol. The summed E-state index contributed by atoms with van der Waals surface area (Å²) in [5, 5.41) is 7.36. The van der Waals surface area contributed by atoms with Crippen LogP contribution in [0.3, 0.4) is 0 Å². The molecule has 1 saturated carbocycles. The summed E-state index contributed by atoms with van der Waals surface area (Å²) in [6.07, 6.45) is 6.15. The molecule has 0 spiro atoms. The Hall–Kier alpha value is -2.22. The topological polar surface area (TPSA) is 77.1 Å². The van der Waals surface area contributed by atoms with E-state index in [-0.39, 0.29) is 0 Å². The number of rotatable bonds is 4. The first-order valence-electron chi connectivity index (χ1n) is 12.4. The van der Waals surface area contributed by atoms with Crippen LogP contribution in [0.2, 0.25) is 0 Å². The van der Waals surface area contributed by atoms with E-state index >= 15 is 0 Å². The third-order valence-electron chi connectivity index (χ3n) is 7.98. The van der Waals surface area contributed by atoms with E-state index in [1.54, 1.807) is 0 Å². The van der Waals surface area contributed by atoms with Crippen LogP contribution in [0.4, 0.5) is 17.5 Å². The summed E-state index contributed by atoms with van der Waals surface area (Å²) in [5.74, 6) is 3.73. The molecule has 3 aliphatic heterocycles. The van der Waals surface area contributed by atoms with E-state index < -0.39 is 0 Å². The minimum atomic E-state index is 0.479. The van der Waals surface area contributed by atoms with Crippen LogP contribution >= 0.6 is 0 Å². The van der Waals surface area contributed by atoms with Gasteiger partial charge in [-0.2, -0.15) is 4.98 Å². The van der Waals surface area contributed by atoms with Crippen LogP contribution in [-0.2, 0) is 0 Å². The van der Waals surface area contributed by atoms with E-state index in [1.165, 1.54) is 43.4 Å². The van der Waals surface area contributed by atoms with Crippen LogP contribution < -0.4 is 26.4 Å². The van der Waals surface area contributed by atoms with Gasteiger partial charge in [0.25, 0.3) is 0 Å². The van der Waals surface area contributed by atoms with Crippen LogP contribution in [0.1, 0.15) is 49.3 Å². The maximum Gasteiger partial charge on any atom is 0.232 e. The first-order chi connectivity index (χ1) is 15.7. The Bertz CT molecular complexity index is 957. The van der Waals surface area contributed by atoms with Gasteiger partial charge in [-0.1, -0.05) is 18.2 Å². The van der Waals surface area contributed by atoms with Gasteiger partial charge in [-0.05, 0) is 75.6 Å². The molecule has 0 bridgehead atoms. The van der Waals surface area contributed by atoms with Gasteiger partial charge in [0, 0.05) is 48.5 Å². The number of aromatic nitrogens is 2. The molecule has 0 amide bonds. The molecule has 1 aliphatic carbocycles. The van der Waals surface area contributed by atoms with E-state index in [0.717, 1.165) is 43.6 Å². The van der Waals surface area contributed by atoms with Crippen molar-refractivity contribution < 1.29 is 0 Å². The maximum absolute atomic E-state index is 5.03. The Balaban J connectivity index is 1.24. The van der Waals surface area contributed by atoms with Gasteiger partial charge in [-0.3, -0.25) is 10.9 Å². The Kier molecular flexibility index (Phi) is 5.49. The summed E-state index contributed by atoms with van der Waals surface area (Å²) < 4.78 is 0. The zero-order chi connectivity index (χ0) is 21.5. The van der Waals surface area contributed by atoms with E-state index in [1.807, 2.05) is 0 Å². The summed E-state index contributed by atoms with van der Waals surface area (Å²) in [6.45, 7) is 6.39. The lowest BCUT2D eigenvalue weighted by Crippen LogP contribution is -2.39. The molecule has 5 unspecified atom stereocenters. The molecule has 6 rings (SSSR count). The second-order valence-electron chi connectivity index (χ2n) is 10.1. The normalized spacial score (nSPS) is 31.9. The summed E-state index contributed by atoms with van der Waals surface area (Å²) in [4.78, 5) is 12.3. The highest BCUT2D eigenvalue weighted by molar-refractivity contribution is 5.68. The van der Waals surface area contributed by atoms with Crippen molar-refractivity contribution in [2.75, 3.05) is 36.4 Å². The van der Waals surface area contributed by atoms with Gasteiger partial charge in [-0.15, -0.1) is 0 Å². The quantitative estimate of drug-likeness (QED) is 0.590. The molecule has 2 saturated heterocycles. The van der Waals surface area contributed by atoms with E-state index in [4.69, 9.17) is 9.97 Å². The van der Waals surface area contributed by atoms with Crippen molar-refractivity contribution in [2.24, 2.45) is 11.8 Å². The second-order valence-corrected chi connectivity index (χ2v) is 10.1. The van der Waals surface area contributed by atoms with Gasteiger partial charge < -0.3 is 15.5 Å². The van der Waals surface area contributed by atoms with E-state index in [2.05, 4.69) is 63.6 Å². The number of nitrogens with zero attached hydrogens (tertiary/aromatic N) is 3. The highest BCUT2D eigenvalue weighted by Gasteiger charge is 2.37. The standard InChI is InChI=1S/C25H35N7/c1-16-11-24(29-19-8-9-22-18(12-19)14-27-31-22)30-25(28-16)32-15-21(17-5-4-10-26-13-17)20-6-2-3-7-23(20)32/h2-3,6-7,11,17-19,21-22,26-27,31H,4-5,8-10,12-15H2,1H3,(H,28,29,30). The minimum absolute atomic E-state index is 0.479. The molecule has 4 N–H and O–H groups in total. The Morgan fingerprint density at radius 2 is 2.00 bits per heavy atom. The number of para-hydroxylation sites is 1. The van der Waals surface area contributed by atoms with Gasteiger partial charge in [0.1, 0.15) is 5.82 Å². The first-order valence-corrected chi connectivity index (χ1v) is 12.4. The SMILES string of the molecule is Cc1cc(NC2CCC3NNCC3C2)nc(N2CC(C3CCCNC3)c3ccccc32)n1. The van der Waals surface area contributed by atoms with Crippen molar-refractivity contribution in [2.45, 2.75) is 57.0 Å². The average molecular weight is 434 g/mol. The number of hydrazine groups is 1. The van der Waals surface area contributed by atoms with Gasteiger partial charge >= 0.3 is 0 Å². The molecule has 7 nitrogen and oxygen atoms in total. The zero-order valence-corrected chi connectivity index (χ0v) is 19.0. The predicted octanol–water partition coefficient (Wildman–Crippen LogP) is 3.08. The van der Waals surface area contributed by atoms with Gasteiger partial charge in [0.2, 0.25) is 5.95 Å². The predicted molar refractivity (Wildman–Crippen MR) is 128 cm³/mol. The van der Waals surface area contributed by atoms with Crippen LogP contribution in [0.15, 0.2) is 30.3 Å². The van der Waals surface area contributed by atoms with Crippen LogP contribution in [0.5, 0.6) is 0 Å². The molecule has 1 aromatic carbocycles. The molecular weight excluding hydrogens is 398 g/mol. The molecule has 1 aromatic heterocycles. The molecule has 32 heavy (non-hydrogen) atoms. The fraction of sp³-hybridized carbons (Fsp3) is 0.600. The maximum atomic E-state index is 5.03. The van der Waals surface area contributed by atoms with Crippen molar-refractivity contribution in [1.29, 1.82) is 0 Å². The van der Waals surface area contributed by atoms with Gasteiger partial charge in [-0.25, -0.2) is 4.98 Å². The van der Waals surface area contributed by atoms with Crippen molar-refractivity contribution in [3.05, 3.63) is 41.6 Å². The van der Waals surface area contributed by atoms with E-state index in [0.29, 0.717) is 29.8 Å².